The Morgan fingerprint density at radius 2 is 1.70 bits per heavy atom. The van der Waals surface area contributed by atoms with E-state index in [1.54, 1.807) is 25.4 Å². The number of hydrogen-bond acceptors (Lipinski definition) is 5. The molecule has 1 aliphatic rings. The molecule has 2 heterocycles. The van der Waals surface area contributed by atoms with Crippen molar-refractivity contribution in [1.82, 2.24) is 14.5 Å². The minimum absolute atomic E-state index is 0.300. The molecule has 1 saturated heterocycles. The molecule has 1 fully saturated rings. The Morgan fingerprint density at radius 3 is 2.33 bits per heavy atom. The summed E-state index contributed by atoms with van der Waals surface area (Å²) in [6, 6.07) is 13.6. The van der Waals surface area contributed by atoms with Crippen LogP contribution >= 0.6 is 23.2 Å². The van der Waals surface area contributed by atoms with Crippen molar-refractivity contribution in [2.24, 2.45) is 7.05 Å². The largest absolute Gasteiger partial charge is 0.491 e. The topological polar surface area (TPSA) is 48.8 Å². The zero-order chi connectivity index (χ0) is 23.3. The first kappa shape index (κ1) is 23.9. The average Bonchev–Trinajstić information content (AvgIpc) is 3.25. The Hall–Kier alpha value is -2.25. The minimum Gasteiger partial charge on any atom is -0.491 e. The SMILES string of the molecule is COC1(COc2ccc(Cl)c(Cl)c2)CCN(Cc2ccc(OCc3nccn3C)cc2)CC1. The van der Waals surface area contributed by atoms with Crippen LogP contribution in [0.5, 0.6) is 11.5 Å². The number of ether oxygens (including phenoxy) is 3. The number of rotatable bonds is 9. The molecule has 0 spiro atoms. The molecule has 0 amide bonds. The van der Waals surface area contributed by atoms with Crippen molar-refractivity contribution in [1.29, 1.82) is 0 Å². The third-order valence-corrected chi connectivity index (χ3v) is 6.95. The zero-order valence-electron chi connectivity index (χ0n) is 19.0. The lowest BCUT2D eigenvalue weighted by atomic mass is 9.91. The maximum atomic E-state index is 6.10. The van der Waals surface area contributed by atoms with Gasteiger partial charge in [-0.2, -0.15) is 0 Å². The van der Waals surface area contributed by atoms with Crippen LogP contribution in [-0.4, -0.2) is 46.9 Å². The van der Waals surface area contributed by atoms with Crippen molar-refractivity contribution < 1.29 is 14.2 Å². The van der Waals surface area contributed by atoms with Crippen LogP contribution in [0.4, 0.5) is 0 Å². The van der Waals surface area contributed by atoms with E-state index in [9.17, 15) is 0 Å². The van der Waals surface area contributed by atoms with Gasteiger partial charge < -0.3 is 18.8 Å². The molecular weight excluding hydrogens is 461 g/mol. The van der Waals surface area contributed by atoms with Gasteiger partial charge in [0.05, 0.1) is 10.0 Å². The second-order valence-electron chi connectivity index (χ2n) is 8.41. The van der Waals surface area contributed by atoms with Gasteiger partial charge in [-0.15, -0.1) is 0 Å². The number of likely N-dealkylation sites (tertiary alicyclic amines) is 1. The van der Waals surface area contributed by atoms with Gasteiger partial charge in [-0.3, -0.25) is 4.90 Å². The summed E-state index contributed by atoms with van der Waals surface area (Å²) < 4.78 is 19.7. The molecule has 0 unspecified atom stereocenters. The van der Waals surface area contributed by atoms with Crippen LogP contribution in [-0.2, 0) is 24.9 Å². The maximum absolute atomic E-state index is 6.10. The van der Waals surface area contributed by atoms with E-state index in [-0.39, 0.29) is 5.60 Å². The summed E-state index contributed by atoms with van der Waals surface area (Å²) in [5, 5.41) is 1.01. The normalized spacial score (nSPS) is 16.0. The number of hydrogen-bond donors (Lipinski definition) is 0. The van der Waals surface area contributed by atoms with Crippen LogP contribution in [0.1, 0.15) is 24.2 Å². The molecule has 0 radical (unpaired) electrons. The van der Waals surface area contributed by atoms with E-state index >= 15 is 0 Å². The summed E-state index contributed by atoms with van der Waals surface area (Å²) in [6.07, 6.45) is 5.49. The van der Waals surface area contributed by atoms with E-state index in [1.807, 2.05) is 36.0 Å². The number of imidazole rings is 1. The second kappa shape index (κ2) is 10.8. The lowest BCUT2D eigenvalue weighted by molar-refractivity contribution is -0.0839. The van der Waals surface area contributed by atoms with Crippen molar-refractivity contribution in [3.63, 3.8) is 0 Å². The molecule has 8 heteroatoms. The molecule has 6 nitrogen and oxygen atoms in total. The van der Waals surface area contributed by atoms with E-state index in [0.717, 1.165) is 44.0 Å². The Labute approximate surface area is 205 Å². The molecule has 2 aromatic carbocycles. The highest BCUT2D eigenvalue weighted by Crippen LogP contribution is 2.30. The van der Waals surface area contributed by atoms with Gasteiger partial charge in [-0.05, 0) is 42.7 Å². The molecule has 0 bridgehead atoms. The lowest BCUT2D eigenvalue weighted by Gasteiger charge is -2.40. The molecule has 0 N–H and O–H groups in total. The maximum Gasteiger partial charge on any atom is 0.146 e. The van der Waals surface area contributed by atoms with E-state index in [1.165, 1.54) is 5.56 Å². The number of halogens is 2. The highest BCUT2D eigenvalue weighted by molar-refractivity contribution is 6.42. The number of nitrogens with zero attached hydrogens (tertiary/aromatic N) is 3. The highest BCUT2D eigenvalue weighted by Gasteiger charge is 2.35. The Morgan fingerprint density at radius 1 is 0.970 bits per heavy atom. The molecule has 0 atom stereocenters. The number of methoxy groups -OCH3 is 1. The van der Waals surface area contributed by atoms with Crippen molar-refractivity contribution in [2.45, 2.75) is 31.6 Å². The van der Waals surface area contributed by atoms with Gasteiger partial charge in [0.15, 0.2) is 0 Å². The highest BCUT2D eigenvalue weighted by atomic mass is 35.5. The van der Waals surface area contributed by atoms with Crippen LogP contribution in [0.15, 0.2) is 54.9 Å². The number of benzene rings is 2. The predicted molar refractivity (Wildman–Crippen MR) is 130 cm³/mol. The fourth-order valence-corrected chi connectivity index (χ4v) is 4.23. The molecule has 0 aliphatic carbocycles. The van der Waals surface area contributed by atoms with Crippen molar-refractivity contribution >= 4 is 23.2 Å². The Bertz CT molecular complexity index is 1050. The van der Waals surface area contributed by atoms with Gasteiger partial charge in [0.1, 0.15) is 36.1 Å². The van der Waals surface area contributed by atoms with Gasteiger partial charge in [-0.25, -0.2) is 4.98 Å². The summed E-state index contributed by atoms with van der Waals surface area (Å²) in [7, 11) is 3.72. The molecule has 1 aliphatic heterocycles. The van der Waals surface area contributed by atoms with Crippen LogP contribution in [0.3, 0.4) is 0 Å². The predicted octanol–water partition coefficient (Wildman–Crippen LogP) is 5.37. The third kappa shape index (κ3) is 6.21. The second-order valence-corrected chi connectivity index (χ2v) is 9.23. The number of aryl methyl sites for hydroxylation is 1. The molecule has 4 rings (SSSR count). The van der Waals surface area contributed by atoms with Crippen LogP contribution in [0.25, 0.3) is 0 Å². The van der Waals surface area contributed by atoms with E-state index < -0.39 is 0 Å². The van der Waals surface area contributed by atoms with Crippen molar-refractivity contribution in [3.05, 3.63) is 76.3 Å². The van der Waals surface area contributed by atoms with E-state index in [0.29, 0.717) is 29.0 Å². The summed E-state index contributed by atoms with van der Waals surface area (Å²) in [5.41, 5.74) is 0.960. The van der Waals surface area contributed by atoms with Gasteiger partial charge >= 0.3 is 0 Å². The first-order valence-corrected chi connectivity index (χ1v) is 11.8. The standard InChI is InChI=1S/C25H29Cl2N3O3/c1-29-14-11-28-24(29)17-32-20-5-3-19(4-6-20)16-30-12-9-25(31-2,10-13-30)18-33-21-7-8-22(26)23(27)15-21/h3-8,11,14-15H,9-10,12-13,16-18H2,1-2H3. The van der Waals surface area contributed by atoms with Gasteiger partial charge in [0, 0.05) is 52.3 Å². The van der Waals surface area contributed by atoms with Gasteiger partial charge in [0.25, 0.3) is 0 Å². The monoisotopic (exact) mass is 489 g/mol. The molecule has 3 aromatic rings. The first-order valence-electron chi connectivity index (χ1n) is 11.0. The smallest absolute Gasteiger partial charge is 0.146 e. The lowest BCUT2D eigenvalue weighted by Crippen LogP contribution is -2.48. The fraction of sp³-hybridized carbons (Fsp3) is 0.400. The molecular formula is C25H29Cl2N3O3. The fourth-order valence-electron chi connectivity index (χ4n) is 3.94. The van der Waals surface area contributed by atoms with Crippen LogP contribution < -0.4 is 9.47 Å². The third-order valence-electron chi connectivity index (χ3n) is 6.21. The zero-order valence-corrected chi connectivity index (χ0v) is 20.5. The van der Waals surface area contributed by atoms with E-state index in [4.69, 9.17) is 37.4 Å². The molecule has 33 heavy (non-hydrogen) atoms. The Kier molecular flexibility index (Phi) is 7.81. The quantitative estimate of drug-likeness (QED) is 0.404. The van der Waals surface area contributed by atoms with Crippen LogP contribution in [0.2, 0.25) is 10.0 Å². The number of piperidine rings is 1. The van der Waals surface area contributed by atoms with Gasteiger partial charge in [0.2, 0.25) is 0 Å². The minimum atomic E-state index is -0.300. The van der Waals surface area contributed by atoms with Gasteiger partial charge in [-0.1, -0.05) is 35.3 Å². The van der Waals surface area contributed by atoms with Crippen molar-refractivity contribution in [3.8, 4) is 11.5 Å². The average molecular weight is 490 g/mol. The Balaban J connectivity index is 1.25. The molecule has 0 saturated carbocycles. The summed E-state index contributed by atoms with van der Waals surface area (Å²) >= 11 is 12.1. The summed E-state index contributed by atoms with van der Waals surface area (Å²) in [5.74, 6) is 2.45. The van der Waals surface area contributed by atoms with Crippen molar-refractivity contribution in [2.75, 3.05) is 26.8 Å². The summed E-state index contributed by atoms with van der Waals surface area (Å²) in [6.45, 7) is 3.72. The number of aromatic nitrogens is 2. The summed E-state index contributed by atoms with van der Waals surface area (Å²) in [4.78, 5) is 6.73. The van der Waals surface area contributed by atoms with Crippen LogP contribution in [0, 0.1) is 0 Å². The van der Waals surface area contributed by atoms with E-state index in [2.05, 4.69) is 22.0 Å². The first-order chi connectivity index (χ1) is 16.0. The molecule has 176 valence electrons. The molecule has 1 aromatic heterocycles.